The highest BCUT2D eigenvalue weighted by atomic mass is 16.5. The highest BCUT2D eigenvalue weighted by Gasteiger charge is 2.11. The van der Waals surface area contributed by atoms with E-state index in [9.17, 15) is 9.59 Å². The van der Waals surface area contributed by atoms with Crippen LogP contribution in [-0.2, 0) is 14.3 Å². The number of unbranched alkanes of at least 4 members (excludes halogenated alkanes) is 9. The van der Waals surface area contributed by atoms with E-state index in [-0.39, 0.29) is 18.5 Å². The average Bonchev–Trinajstić information content (AvgIpc) is 2.95. The molecule has 0 aromatic rings. The first-order valence-corrected chi connectivity index (χ1v) is 16.4. The van der Waals surface area contributed by atoms with Gasteiger partial charge in [-0.25, -0.2) is 0 Å². The maximum atomic E-state index is 12.5. The molecule has 41 heavy (non-hydrogen) atoms. The first kappa shape index (κ1) is 38.4. The quantitative estimate of drug-likeness (QED) is 0.0579. The van der Waals surface area contributed by atoms with Crippen molar-refractivity contribution in [1.82, 2.24) is 0 Å². The first-order valence-electron chi connectivity index (χ1n) is 16.4. The summed E-state index contributed by atoms with van der Waals surface area (Å²) in [5.41, 5.74) is 0. The molecule has 0 fully saturated rings. The van der Waals surface area contributed by atoms with E-state index >= 15 is 0 Å². The van der Waals surface area contributed by atoms with Crippen LogP contribution in [0.3, 0.4) is 0 Å². The Hall–Kier alpha value is -2.62. The number of carboxylic acids is 1. The number of aliphatic carboxylic acids is 1. The minimum atomic E-state index is -0.736. The highest BCUT2D eigenvalue weighted by molar-refractivity contribution is 5.69. The van der Waals surface area contributed by atoms with Crippen LogP contribution in [0, 0.1) is 0 Å². The zero-order valence-electron chi connectivity index (χ0n) is 26.3. The number of hydrogen-bond donors (Lipinski definition) is 1. The fourth-order valence-corrected chi connectivity index (χ4v) is 4.24. The van der Waals surface area contributed by atoms with Crippen molar-refractivity contribution in [2.45, 2.75) is 148 Å². The SMILES string of the molecule is CC/C=C\C/C=C\C/C=C\C/C=C\CCCCC(=O)OC(/C=C\C/C=C\CCCCCC)CCCCCCC(=O)O. The summed E-state index contributed by atoms with van der Waals surface area (Å²) in [6, 6.07) is 0. The van der Waals surface area contributed by atoms with Gasteiger partial charge in [0.05, 0.1) is 0 Å². The molecule has 0 radical (unpaired) electrons. The Labute approximate surface area is 252 Å². The number of carbonyl (C=O) groups is 2. The molecule has 0 aromatic carbocycles. The van der Waals surface area contributed by atoms with Gasteiger partial charge >= 0.3 is 11.9 Å². The number of rotatable bonds is 28. The third kappa shape index (κ3) is 31.8. The number of ether oxygens (including phenoxy) is 1. The van der Waals surface area contributed by atoms with E-state index in [2.05, 4.69) is 80.7 Å². The lowest BCUT2D eigenvalue weighted by molar-refractivity contribution is -0.147. The summed E-state index contributed by atoms with van der Waals surface area (Å²) >= 11 is 0. The maximum Gasteiger partial charge on any atom is 0.306 e. The Morgan fingerprint density at radius 2 is 1.10 bits per heavy atom. The van der Waals surface area contributed by atoms with Crippen molar-refractivity contribution in [2.24, 2.45) is 0 Å². The van der Waals surface area contributed by atoms with Crippen molar-refractivity contribution in [3.05, 3.63) is 72.9 Å². The van der Waals surface area contributed by atoms with Gasteiger partial charge in [0.15, 0.2) is 0 Å². The second-order valence-corrected chi connectivity index (χ2v) is 10.6. The molecule has 0 aliphatic heterocycles. The molecule has 0 spiro atoms. The van der Waals surface area contributed by atoms with Crippen LogP contribution >= 0.6 is 0 Å². The van der Waals surface area contributed by atoms with Gasteiger partial charge in [-0.2, -0.15) is 0 Å². The second-order valence-electron chi connectivity index (χ2n) is 10.6. The predicted molar refractivity (Wildman–Crippen MR) is 176 cm³/mol. The van der Waals surface area contributed by atoms with Crippen molar-refractivity contribution in [3.63, 3.8) is 0 Å². The minimum Gasteiger partial charge on any atom is -0.481 e. The largest absolute Gasteiger partial charge is 0.481 e. The Morgan fingerprint density at radius 1 is 0.585 bits per heavy atom. The average molecular weight is 569 g/mol. The van der Waals surface area contributed by atoms with E-state index in [0.29, 0.717) is 12.8 Å². The van der Waals surface area contributed by atoms with Gasteiger partial charge in [0, 0.05) is 12.8 Å². The molecule has 1 atom stereocenters. The smallest absolute Gasteiger partial charge is 0.306 e. The van der Waals surface area contributed by atoms with Crippen LogP contribution in [0.1, 0.15) is 142 Å². The van der Waals surface area contributed by atoms with E-state index in [0.717, 1.165) is 83.5 Å². The molecule has 0 saturated carbocycles. The number of carboxylic acid groups (broad SMARTS) is 1. The molecular weight excluding hydrogens is 508 g/mol. The number of allylic oxidation sites excluding steroid dienone is 11. The van der Waals surface area contributed by atoms with Crippen LogP contribution in [0.25, 0.3) is 0 Å². The number of hydrogen-bond acceptors (Lipinski definition) is 3. The molecular formula is C37H60O4. The molecule has 0 amide bonds. The van der Waals surface area contributed by atoms with Crippen LogP contribution in [0.4, 0.5) is 0 Å². The van der Waals surface area contributed by atoms with Crippen molar-refractivity contribution in [1.29, 1.82) is 0 Å². The molecule has 232 valence electrons. The third-order valence-electron chi connectivity index (χ3n) is 6.65. The topological polar surface area (TPSA) is 63.6 Å². The van der Waals surface area contributed by atoms with Gasteiger partial charge < -0.3 is 9.84 Å². The lowest BCUT2D eigenvalue weighted by atomic mass is 10.1. The van der Waals surface area contributed by atoms with E-state index in [4.69, 9.17) is 9.84 Å². The Balaban J connectivity index is 4.25. The summed E-state index contributed by atoms with van der Waals surface area (Å²) < 4.78 is 5.81. The Morgan fingerprint density at radius 3 is 1.71 bits per heavy atom. The van der Waals surface area contributed by atoms with Crippen LogP contribution < -0.4 is 0 Å². The molecule has 4 nitrogen and oxygen atoms in total. The molecule has 0 aliphatic rings. The molecule has 0 rings (SSSR count). The summed E-state index contributed by atoms with van der Waals surface area (Å²) in [6.07, 6.45) is 44.9. The van der Waals surface area contributed by atoms with Crippen LogP contribution in [0.15, 0.2) is 72.9 Å². The van der Waals surface area contributed by atoms with Crippen LogP contribution in [0.5, 0.6) is 0 Å². The number of carbonyl (C=O) groups excluding carboxylic acids is 1. The van der Waals surface area contributed by atoms with Gasteiger partial charge in [0.1, 0.15) is 6.10 Å². The van der Waals surface area contributed by atoms with Crippen LogP contribution in [0.2, 0.25) is 0 Å². The van der Waals surface area contributed by atoms with Crippen LogP contribution in [-0.4, -0.2) is 23.1 Å². The predicted octanol–water partition coefficient (Wildman–Crippen LogP) is 11.2. The summed E-state index contributed by atoms with van der Waals surface area (Å²) in [7, 11) is 0. The van der Waals surface area contributed by atoms with E-state index < -0.39 is 5.97 Å². The monoisotopic (exact) mass is 568 g/mol. The van der Waals surface area contributed by atoms with Gasteiger partial charge in [-0.15, -0.1) is 0 Å². The zero-order chi connectivity index (χ0) is 30.1. The van der Waals surface area contributed by atoms with E-state index in [1.165, 1.54) is 25.7 Å². The summed E-state index contributed by atoms with van der Waals surface area (Å²) in [5, 5.41) is 8.79. The first-order chi connectivity index (χ1) is 20.1. The van der Waals surface area contributed by atoms with Gasteiger partial charge in [-0.05, 0) is 89.5 Å². The Bertz CT molecular complexity index is 785. The van der Waals surface area contributed by atoms with Gasteiger partial charge in [-0.3, -0.25) is 9.59 Å². The Kier molecular flexibility index (Phi) is 29.9. The van der Waals surface area contributed by atoms with Gasteiger partial charge in [-0.1, -0.05) is 113 Å². The molecule has 4 heteroatoms. The molecule has 0 aliphatic carbocycles. The zero-order valence-corrected chi connectivity index (χ0v) is 26.3. The maximum absolute atomic E-state index is 12.5. The van der Waals surface area contributed by atoms with Crippen molar-refractivity contribution in [2.75, 3.05) is 0 Å². The molecule has 0 saturated heterocycles. The molecule has 1 unspecified atom stereocenters. The highest BCUT2D eigenvalue weighted by Crippen LogP contribution is 2.13. The third-order valence-corrected chi connectivity index (χ3v) is 6.65. The van der Waals surface area contributed by atoms with E-state index in [1.54, 1.807) is 0 Å². The molecule has 1 N–H and O–H groups in total. The second kappa shape index (κ2) is 31.9. The fraction of sp³-hybridized carbons (Fsp3) is 0.622. The van der Waals surface area contributed by atoms with Gasteiger partial charge in [0.25, 0.3) is 0 Å². The number of esters is 1. The normalized spacial score (nSPS) is 13.2. The lowest BCUT2D eigenvalue weighted by Crippen LogP contribution is -2.16. The van der Waals surface area contributed by atoms with Crippen molar-refractivity contribution in [3.8, 4) is 0 Å². The summed E-state index contributed by atoms with van der Waals surface area (Å²) in [6.45, 7) is 4.38. The molecule has 0 bridgehead atoms. The fourth-order valence-electron chi connectivity index (χ4n) is 4.24. The van der Waals surface area contributed by atoms with Crippen molar-refractivity contribution >= 4 is 11.9 Å². The standard InChI is InChI=1S/C37H60O4/c1-3-5-7-9-11-13-14-15-16-17-18-20-22-24-30-34-37(40)41-35(32-28-25-26-29-33-36(38)39)31-27-23-21-19-12-10-8-6-4-2/h5,7,11,13,15-16,18-21,27,31,35H,3-4,6,8-10,12,14,17,22-26,28-30,32-34H2,1-2H3,(H,38,39)/b7-5-,13-11-,16-15-,20-18-,21-19-,31-27-. The summed E-state index contributed by atoms with van der Waals surface area (Å²) in [5.74, 6) is -0.859. The van der Waals surface area contributed by atoms with Gasteiger partial charge in [0.2, 0.25) is 0 Å². The van der Waals surface area contributed by atoms with E-state index in [1.807, 2.05) is 6.08 Å². The lowest BCUT2D eigenvalue weighted by Gasteiger charge is -2.14. The van der Waals surface area contributed by atoms with Crippen molar-refractivity contribution < 1.29 is 19.4 Å². The molecule has 0 aromatic heterocycles. The minimum absolute atomic E-state index is 0.123. The molecule has 0 heterocycles. The summed E-state index contributed by atoms with van der Waals surface area (Å²) in [4.78, 5) is 23.2.